The largest absolute Gasteiger partial charge is 0.464 e. The first-order valence-electron chi connectivity index (χ1n) is 2.93. The smallest absolute Gasteiger partial charge is 0.418 e. The fourth-order valence-electron chi connectivity index (χ4n) is 0.761. The number of allylic oxidation sites excluding steroid dienone is 1. The van der Waals surface area contributed by atoms with Gasteiger partial charge in [0, 0.05) is 12.6 Å². The zero-order valence-electron chi connectivity index (χ0n) is 5.28. The Balaban J connectivity index is 2.73. The van der Waals surface area contributed by atoms with Crippen LogP contribution in [0.2, 0.25) is 0 Å². The molecule has 0 aliphatic carbocycles. The van der Waals surface area contributed by atoms with Crippen LogP contribution >= 0.6 is 0 Å². The Bertz CT molecular complexity index is 197. The zero-order chi connectivity index (χ0) is 7.56. The summed E-state index contributed by atoms with van der Waals surface area (Å²) in [6.45, 7) is 0. The van der Waals surface area contributed by atoms with Crippen LogP contribution < -0.4 is 0 Å². The Morgan fingerprint density at radius 3 is 2.80 bits per heavy atom. The van der Waals surface area contributed by atoms with Crippen molar-refractivity contribution in [2.75, 3.05) is 0 Å². The number of carbonyl (C=O) groups excluding carboxylic acids is 1. The highest BCUT2D eigenvalue weighted by Gasteiger charge is 2.19. The highest BCUT2D eigenvalue weighted by Crippen LogP contribution is 2.06. The number of amides is 2. The van der Waals surface area contributed by atoms with Gasteiger partial charge < -0.3 is 5.11 Å². The lowest BCUT2D eigenvalue weighted by molar-refractivity contribution is -0.127. The highest BCUT2D eigenvalue weighted by molar-refractivity contribution is 5.93. The second-order valence-corrected chi connectivity index (χ2v) is 1.97. The molecular formula is C6H7NO3. The fraction of sp³-hybridized carbons (Fsp3) is 0.333. The van der Waals surface area contributed by atoms with Crippen molar-refractivity contribution in [2.45, 2.75) is 12.8 Å². The second-order valence-electron chi connectivity index (χ2n) is 1.97. The third-order valence-corrected chi connectivity index (χ3v) is 1.25. The Kier molecular flexibility index (Phi) is 1.71. The molecule has 4 heteroatoms. The number of nitrogens with zero attached hydrogens (tertiary/aromatic N) is 1. The molecule has 0 aromatic rings. The molecule has 1 aliphatic rings. The first-order valence-corrected chi connectivity index (χ1v) is 2.93. The Hall–Kier alpha value is -1.32. The highest BCUT2D eigenvalue weighted by atomic mass is 16.4. The van der Waals surface area contributed by atoms with E-state index in [1.54, 1.807) is 6.08 Å². The molecular weight excluding hydrogens is 134 g/mol. The van der Waals surface area contributed by atoms with Gasteiger partial charge in [0.05, 0.1) is 0 Å². The third-order valence-electron chi connectivity index (χ3n) is 1.25. The van der Waals surface area contributed by atoms with Crippen LogP contribution in [0.4, 0.5) is 4.79 Å². The lowest BCUT2D eigenvalue weighted by Crippen LogP contribution is -2.32. The van der Waals surface area contributed by atoms with Gasteiger partial charge in [-0.05, 0) is 6.42 Å². The number of imide groups is 1. The molecule has 2 amide bonds. The SMILES string of the molecule is O=C(O)N1C=CCCC1=O. The van der Waals surface area contributed by atoms with Crippen LogP contribution in [-0.2, 0) is 4.79 Å². The summed E-state index contributed by atoms with van der Waals surface area (Å²) in [5.74, 6) is -0.352. The Morgan fingerprint density at radius 2 is 2.40 bits per heavy atom. The van der Waals surface area contributed by atoms with E-state index in [2.05, 4.69) is 0 Å². The quantitative estimate of drug-likeness (QED) is 0.542. The molecule has 10 heavy (non-hydrogen) atoms. The third kappa shape index (κ3) is 1.15. The maximum absolute atomic E-state index is 10.7. The predicted molar refractivity (Wildman–Crippen MR) is 33.2 cm³/mol. The van der Waals surface area contributed by atoms with Crippen LogP contribution in [0.1, 0.15) is 12.8 Å². The molecule has 1 rings (SSSR count). The van der Waals surface area contributed by atoms with E-state index in [9.17, 15) is 9.59 Å². The lowest BCUT2D eigenvalue weighted by atomic mass is 10.2. The van der Waals surface area contributed by atoms with Gasteiger partial charge in [-0.2, -0.15) is 0 Å². The molecule has 0 saturated heterocycles. The van der Waals surface area contributed by atoms with Crippen molar-refractivity contribution in [3.8, 4) is 0 Å². The molecule has 0 aromatic heterocycles. The van der Waals surface area contributed by atoms with Crippen LogP contribution in [0.5, 0.6) is 0 Å². The summed E-state index contributed by atoms with van der Waals surface area (Å²) in [5, 5.41) is 8.36. The predicted octanol–water partition coefficient (Wildman–Crippen LogP) is 0.800. The van der Waals surface area contributed by atoms with Crippen LogP contribution in [0.15, 0.2) is 12.3 Å². The Morgan fingerprint density at radius 1 is 1.70 bits per heavy atom. The summed E-state index contributed by atoms with van der Waals surface area (Å²) in [6, 6.07) is 0. The number of carbonyl (C=O) groups is 2. The van der Waals surface area contributed by atoms with Gasteiger partial charge in [-0.15, -0.1) is 0 Å². The number of hydrogen-bond donors (Lipinski definition) is 1. The van der Waals surface area contributed by atoms with Gasteiger partial charge in [0.15, 0.2) is 0 Å². The zero-order valence-corrected chi connectivity index (χ0v) is 5.28. The average molecular weight is 141 g/mol. The van der Waals surface area contributed by atoms with E-state index in [1.807, 2.05) is 0 Å². The first-order chi connectivity index (χ1) is 4.72. The fourth-order valence-corrected chi connectivity index (χ4v) is 0.761. The number of rotatable bonds is 0. The summed E-state index contributed by atoms with van der Waals surface area (Å²) < 4.78 is 0. The molecule has 1 aliphatic heterocycles. The van der Waals surface area contributed by atoms with E-state index >= 15 is 0 Å². The number of hydrogen-bond acceptors (Lipinski definition) is 2. The molecule has 0 saturated carbocycles. The molecule has 0 aromatic carbocycles. The molecule has 54 valence electrons. The topological polar surface area (TPSA) is 57.6 Å². The van der Waals surface area contributed by atoms with Crippen LogP contribution in [0.25, 0.3) is 0 Å². The van der Waals surface area contributed by atoms with Gasteiger partial charge in [0.1, 0.15) is 0 Å². The summed E-state index contributed by atoms with van der Waals surface area (Å²) in [5.41, 5.74) is 0. The van der Waals surface area contributed by atoms with E-state index in [0.29, 0.717) is 17.7 Å². The maximum atomic E-state index is 10.7. The normalized spacial score (nSPS) is 17.6. The summed E-state index contributed by atoms with van der Waals surface area (Å²) in [4.78, 5) is 21.6. The molecule has 0 unspecified atom stereocenters. The minimum Gasteiger partial charge on any atom is -0.464 e. The van der Waals surface area contributed by atoms with Crippen molar-refractivity contribution in [2.24, 2.45) is 0 Å². The van der Waals surface area contributed by atoms with Crippen molar-refractivity contribution in [3.63, 3.8) is 0 Å². The average Bonchev–Trinajstić information content (AvgIpc) is 1.88. The minimum atomic E-state index is -1.21. The maximum Gasteiger partial charge on any atom is 0.418 e. The molecule has 0 fully saturated rings. The molecule has 1 heterocycles. The van der Waals surface area contributed by atoms with E-state index in [-0.39, 0.29) is 5.91 Å². The van der Waals surface area contributed by atoms with Crippen molar-refractivity contribution < 1.29 is 14.7 Å². The van der Waals surface area contributed by atoms with Crippen molar-refractivity contribution >= 4 is 12.0 Å². The molecule has 0 bridgehead atoms. The molecule has 4 nitrogen and oxygen atoms in total. The lowest BCUT2D eigenvalue weighted by Gasteiger charge is -2.14. The van der Waals surface area contributed by atoms with Crippen LogP contribution in [0, 0.1) is 0 Å². The Labute approximate surface area is 57.7 Å². The first kappa shape index (κ1) is 6.80. The number of carboxylic acid groups (broad SMARTS) is 1. The standard InChI is InChI=1S/C6H7NO3/c8-5-3-1-2-4-7(5)6(9)10/h2,4H,1,3H2,(H,9,10). The van der Waals surface area contributed by atoms with Crippen LogP contribution in [-0.4, -0.2) is 22.0 Å². The van der Waals surface area contributed by atoms with Gasteiger partial charge in [-0.25, -0.2) is 9.69 Å². The van der Waals surface area contributed by atoms with Gasteiger partial charge in [0.25, 0.3) is 0 Å². The van der Waals surface area contributed by atoms with Gasteiger partial charge in [0.2, 0.25) is 5.91 Å². The van der Waals surface area contributed by atoms with Gasteiger partial charge in [-0.1, -0.05) is 6.08 Å². The summed E-state index contributed by atoms with van der Waals surface area (Å²) >= 11 is 0. The molecule has 0 atom stereocenters. The second kappa shape index (κ2) is 2.51. The van der Waals surface area contributed by atoms with E-state index in [1.165, 1.54) is 6.20 Å². The molecule has 0 spiro atoms. The van der Waals surface area contributed by atoms with Gasteiger partial charge >= 0.3 is 6.09 Å². The van der Waals surface area contributed by atoms with E-state index < -0.39 is 6.09 Å². The molecule has 0 radical (unpaired) electrons. The van der Waals surface area contributed by atoms with Crippen molar-refractivity contribution in [3.05, 3.63) is 12.3 Å². The summed E-state index contributed by atoms with van der Waals surface area (Å²) in [7, 11) is 0. The monoisotopic (exact) mass is 141 g/mol. The van der Waals surface area contributed by atoms with E-state index in [0.717, 1.165) is 0 Å². The molecule has 1 N–H and O–H groups in total. The van der Waals surface area contributed by atoms with Crippen molar-refractivity contribution in [1.29, 1.82) is 0 Å². The minimum absolute atomic E-state index is 0.294. The van der Waals surface area contributed by atoms with Gasteiger partial charge in [-0.3, -0.25) is 4.79 Å². The summed E-state index contributed by atoms with van der Waals surface area (Å²) in [6.07, 6.45) is 2.68. The van der Waals surface area contributed by atoms with Crippen LogP contribution in [0.3, 0.4) is 0 Å². The van der Waals surface area contributed by atoms with Crippen molar-refractivity contribution in [1.82, 2.24) is 4.90 Å². The van der Waals surface area contributed by atoms with E-state index in [4.69, 9.17) is 5.11 Å².